The van der Waals surface area contributed by atoms with Crippen molar-refractivity contribution in [3.8, 4) is 0 Å². The SMILES string of the molecule is CO[C@@H]1CNCC[C@]1(CO)OC.Cl. The summed E-state index contributed by atoms with van der Waals surface area (Å²) in [7, 11) is 3.26. The van der Waals surface area contributed by atoms with Crippen LogP contribution in [0.15, 0.2) is 0 Å². The van der Waals surface area contributed by atoms with E-state index in [9.17, 15) is 5.11 Å². The lowest BCUT2D eigenvalue weighted by Gasteiger charge is -2.40. The van der Waals surface area contributed by atoms with E-state index in [-0.39, 0.29) is 25.1 Å². The third-order valence-corrected chi connectivity index (χ3v) is 2.60. The average Bonchev–Trinajstić information content (AvgIpc) is 2.17. The van der Waals surface area contributed by atoms with Crippen LogP contribution in [0, 0.1) is 0 Å². The second-order valence-electron chi connectivity index (χ2n) is 3.11. The fourth-order valence-corrected chi connectivity index (χ4v) is 1.66. The molecule has 13 heavy (non-hydrogen) atoms. The maximum atomic E-state index is 9.21. The number of nitrogens with one attached hydrogen (secondary N) is 1. The van der Waals surface area contributed by atoms with Gasteiger partial charge in [0.15, 0.2) is 0 Å². The van der Waals surface area contributed by atoms with Gasteiger partial charge in [-0.05, 0) is 13.0 Å². The molecule has 80 valence electrons. The largest absolute Gasteiger partial charge is 0.393 e. The van der Waals surface area contributed by atoms with Crippen molar-refractivity contribution in [3.05, 3.63) is 0 Å². The standard InChI is InChI=1S/C8H17NO3.ClH/c1-11-7-5-9-4-3-8(7,6-10)12-2;/h7,9-10H,3-6H2,1-2H3;1H/t7-,8-;/m1./s1. The predicted molar refractivity (Wildman–Crippen MR) is 52.4 cm³/mol. The van der Waals surface area contributed by atoms with E-state index in [1.165, 1.54) is 0 Å². The van der Waals surface area contributed by atoms with Gasteiger partial charge in [-0.15, -0.1) is 12.4 Å². The molecular weight excluding hydrogens is 194 g/mol. The van der Waals surface area contributed by atoms with Gasteiger partial charge in [-0.3, -0.25) is 0 Å². The van der Waals surface area contributed by atoms with E-state index in [1.54, 1.807) is 14.2 Å². The summed E-state index contributed by atoms with van der Waals surface area (Å²) < 4.78 is 10.6. The first kappa shape index (κ1) is 13.1. The molecule has 0 unspecified atom stereocenters. The van der Waals surface area contributed by atoms with Gasteiger partial charge < -0.3 is 19.9 Å². The summed E-state index contributed by atoms with van der Waals surface area (Å²) in [5.74, 6) is 0. The molecule has 0 spiro atoms. The fourth-order valence-electron chi connectivity index (χ4n) is 1.66. The smallest absolute Gasteiger partial charge is 0.119 e. The van der Waals surface area contributed by atoms with Crippen LogP contribution >= 0.6 is 12.4 Å². The Labute approximate surface area is 85.0 Å². The van der Waals surface area contributed by atoms with Crippen LogP contribution in [0.4, 0.5) is 0 Å². The summed E-state index contributed by atoms with van der Waals surface area (Å²) >= 11 is 0. The number of hydrogen-bond acceptors (Lipinski definition) is 4. The summed E-state index contributed by atoms with van der Waals surface area (Å²) in [4.78, 5) is 0. The molecule has 1 aliphatic rings. The van der Waals surface area contributed by atoms with Gasteiger partial charge in [0.05, 0.1) is 6.61 Å². The normalized spacial score (nSPS) is 33.9. The zero-order valence-corrected chi connectivity index (χ0v) is 8.89. The molecule has 0 bridgehead atoms. The molecule has 2 N–H and O–H groups in total. The van der Waals surface area contributed by atoms with Crippen molar-refractivity contribution in [1.82, 2.24) is 5.32 Å². The van der Waals surface area contributed by atoms with Crippen molar-refractivity contribution in [2.45, 2.75) is 18.1 Å². The highest BCUT2D eigenvalue weighted by molar-refractivity contribution is 5.85. The van der Waals surface area contributed by atoms with E-state index in [4.69, 9.17) is 9.47 Å². The van der Waals surface area contributed by atoms with E-state index in [0.717, 1.165) is 19.5 Å². The first-order valence-electron chi connectivity index (χ1n) is 4.18. The molecule has 5 heteroatoms. The maximum Gasteiger partial charge on any atom is 0.119 e. The van der Waals surface area contributed by atoms with Crippen LogP contribution in [0.5, 0.6) is 0 Å². The van der Waals surface area contributed by atoms with Crippen molar-refractivity contribution in [1.29, 1.82) is 0 Å². The van der Waals surface area contributed by atoms with Crippen LogP contribution in [-0.2, 0) is 9.47 Å². The Bertz CT molecular complexity index is 141. The van der Waals surface area contributed by atoms with Crippen LogP contribution in [0.25, 0.3) is 0 Å². The van der Waals surface area contributed by atoms with E-state index in [0.29, 0.717) is 0 Å². The molecular formula is C8H18ClNO3. The van der Waals surface area contributed by atoms with Crippen molar-refractivity contribution < 1.29 is 14.6 Å². The fraction of sp³-hybridized carbons (Fsp3) is 1.00. The highest BCUT2D eigenvalue weighted by atomic mass is 35.5. The molecule has 0 aliphatic carbocycles. The lowest BCUT2D eigenvalue weighted by molar-refractivity contribution is -0.153. The van der Waals surface area contributed by atoms with Gasteiger partial charge in [0.25, 0.3) is 0 Å². The summed E-state index contributed by atoms with van der Waals surface area (Å²) in [6.07, 6.45) is 0.736. The molecule has 1 saturated heterocycles. The molecule has 1 aliphatic heterocycles. The Kier molecular flexibility index (Phi) is 5.83. The number of hydrogen-bond donors (Lipinski definition) is 2. The van der Waals surface area contributed by atoms with Crippen molar-refractivity contribution >= 4 is 12.4 Å². The molecule has 2 atom stereocenters. The molecule has 4 nitrogen and oxygen atoms in total. The number of piperidine rings is 1. The zero-order valence-electron chi connectivity index (χ0n) is 8.08. The third-order valence-electron chi connectivity index (χ3n) is 2.60. The van der Waals surface area contributed by atoms with Crippen molar-refractivity contribution in [2.75, 3.05) is 33.9 Å². The van der Waals surface area contributed by atoms with Crippen molar-refractivity contribution in [3.63, 3.8) is 0 Å². The molecule has 1 rings (SSSR count). The van der Waals surface area contributed by atoms with Gasteiger partial charge in [-0.25, -0.2) is 0 Å². The summed E-state index contributed by atoms with van der Waals surface area (Å²) in [6, 6.07) is 0. The quantitative estimate of drug-likeness (QED) is 0.679. The molecule has 1 fully saturated rings. The van der Waals surface area contributed by atoms with Crippen molar-refractivity contribution in [2.24, 2.45) is 0 Å². The van der Waals surface area contributed by atoms with Gasteiger partial charge in [-0.2, -0.15) is 0 Å². The second-order valence-corrected chi connectivity index (χ2v) is 3.11. The Hall–Kier alpha value is 0.130. The molecule has 1 heterocycles. The van der Waals surface area contributed by atoms with Gasteiger partial charge in [0, 0.05) is 20.8 Å². The molecule has 0 amide bonds. The Balaban J connectivity index is 0.00000144. The molecule has 0 aromatic heterocycles. The topological polar surface area (TPSA) is 50.7 Å². The Morgan fingerprint density at radius 1 is 1.54 bits per heavy atom. The minimum absolute atomic E-state index is 0. The number of ether oxygens (including phenoxy) is 2. The zero-order chi connectivity index (χ0) is 9.03. The monoisotopic (exact) mass is 211 g/mol. The number of aliphatic hydroxyl groups excluding tert-OH is 1. The lowest BCUT2D eigenvalue weighted by atomic mass is 9.90. The van der Waals surface area contributed by atoms with E-state index >= 15 is 0 Å². The third kappa shape index (κ3) is 2.54. The van der Waals surface area contributed by atoms with E-state index in [1.807, 2.05) is 0 Å². The number of methoxy groups -OCH3 is 2. The lowest BCUT2D eigenvalue weighted by Crippen LogP contribution is -2.58. The van der Waals surface area contributed by atoms with Gasteiger partial charge in [-0.1, -0.05) is 0 Å². The molecule has 0 saturated carbocycles. The van der Waals surface area contributed by atoms with E-state index in [2.05, 4.69) is 5.32 Å². The minimum Gasteiger partial charge on any atom is -0.393 e. The van der Waals surface area contributed by atoms with Crippen LogP contribution < -0.4 is 5.32 Å². The van der Waals surface area contributed by atoms with E-state index < -0.39 is 5.60 Å². The first-order chi connectivity index (χ1) is 5.79. The maximum absolute atomic E-state index is 9.21. The van der Waals surface area contributed by atoms with Crippen LogP contribution in [0.2, 0.25) is 0 Å². The Morgan fingerprint density at radius 3 is 2.62 bits per heavy atom. The summed E-state index contributed by atoms with van der Waals surface area (Å²) in [6.45, 7) is 1.63. The van der Waals surface area contributed by atoms with Gasteiger partial charge in [0.2, 0.25) is 0 Å². The molecule has 0 radical (unpaired) electrons. The first-order valence-corrected chi connectivity index (χ1v) is 4.18. The van der Waals surface area contributed by atoms with Gasteiger partial charge in [0.1, 0.15) is 11.7 Å². The highest BCUT2D eigenvalue weighted by Crippen LogP contribution is 2.23. The second kappa shape index (κ2) is 5.78. The predicted octanol–water partition coefficient (Wildman–Crippen LogP) is -0.206. The number of rotatable bonds is 3. The van der Waals surface area contributed by atoms with Crippen LogP contribution in [0.3, 0.4) is 0 Å². The summed E-state index contributed by atoms with van der Waals surface area (Å²) in [5, 5.41) is 12.4. The minimum atomic E-state index is -0.500. The molecule has 0 aromatic carbocycles. The number of halogens is 1. The van der Waals surface area contributed by atoms with Crippen LogP contribution in [-0.4, -0.2) is 50.7 Å². The van der Waals surface area contributed by atoms with Crippen LogP contribution in [0.1, 0.15) is 6.42 Å². The number of aliphatic hydroxyl groups is 1. The summed E-state index contributed by atoms with van der Waals surface area (Å²) in [5.41, 5.74) is -0.500. The molecule has 0 aromatic rings. The average molecular weight is 212 g/mol. The highest BCUT2D eigenvalue weighted by Gasteiger charge is 2.40. The van der Waals surface area contributed by atoms with Gasteiger partial charge >= 0.3 is 0 Å². The Morgan fingerprint density at radius 2 is 2.23 bits per heavy atom.